The summed E-state index contributed by atoms with van der Waals surface area (Å²) in [4.78, 5) is 13.4. The number of rotatable bonds is 9. The first-order valence-corrected chi connectivity index (χ1v) is 14.5. The molecule has 4 N–H and O–H groups in total. The minimum Gasteiger partial charge on any atom is -0.384 e. The standard InChI is InChI=1S/C36H41N3O/c1-24-18-25(2)31(26(3)19-24)23-33(37)36(40)39-34-16-17-38-35-30(15-14-27-10-6-4-7-11-27)21-29(22-32(34)35)20-28-12-8-5-9-13-28/h4-13,18-19,21-22,33-34,38H,14-17,20,23,37H2,1-3H3,(H,39,40)/t33-,34+/m0/s1. The average molecular weight is 532 g/mol. The fourth-order valence-electron chi connectivity index (χ4n) is 6.11. The van der Waals surface area contributed by atoms with Gasteiger partial charge in [0.2, 0.25) is 5.91 Å². The van der Waals surface area contributed by atoms with E-state index in [1.165, 1.54) is 55.8 Å². The van der Waals surface area contributed by atoms with Crippen molar-refractivity contribution in [1.82, 2.24) is 5.32 Å². The Hall–Kier alpha value is -3.89. The second-order valence-corrected chi connectivity index (χ2v) is 11.3. The van der Waals surface area contributed by atoms with Gasteiger partial charge in [0, 0.05) is 12.2 Å². The molecule has 206 valence electrons. The van der Waals surface area contributed by atoms with Gasteiger partial charge in [-0.15, -0.1) is 0 Å². The molecule has 4 aromatic rings. The lowest BCUT2D eigenvalue weighted by Gasteiger charge is -2.31. The maximum absolute atomic E-state index is 13.4. The summed E-state index contributed by atoms with van der Waals surface area (Å²) in [5.74, 6) is -0.0866. The van der Waals surface area contributed by atoms with E-state index in [1.54, 1.807) is 0 Å². The van der Waals surface area contributed by atoms with E-state index in [2.05, 4.69) is 116 Å². The summed E-state index contributed by atoms with van der Waals surface area (Å²) in [5, 5.41) is 7.00. The van der Waals surface area contributed by atoms with Crippen LogP contribution in [0, 0.1) is 20.8 Å². The van der Waals surface area contributed by atoms with Crippen molar-refractivity contribution in [2.45, 2.75) is 65.0 Å². The van der Waals surface area contributed by atoms with E-state index in [0.29, 0.717) is 6.42 Å². The molecule has 5 rings (SSSR count). The molecule has 0 saturated carbocycles. The quantitative estimate of drug-likeness (QED) is 0.230. The fourth-order valence-corrected chi connectivity index (χ4v) is 6.11. The van der Waals surface area contributed by atoms with E-state index in [-0.39, 0.29) is 11.9 Å². The first-order chi connectivity index (χ1) is 19.4. The highest BCUT2D eigenvalue weighted by Gasteiger charge is 2.27. The fraction of sp³-hybridized carbons (Fsp3) is 0.306. The number of anilines is 1. The van der Waals surface area contributed by atoms with Crippen molar-refractivity contribution in [3.05, 3.63) is 135 Å². The molecule has 0 fully saturated rings. The van der Waals surface area contributed by atoms with Gasteiger partial charge in [-0.1, -0.05) is 90.5 Å². The molecule has 1 aliphatic heterocycles. The van der Waals surface area contributed by atoms with Crippen LogP contribution in [-0.4, -0.2) is 18.5 Å². The topological polar surface area (TPSA) is 67.2 Å². The van der Waals surface area contributed by atoms with Gasteiger partial charge in [0.25, 0.3) is 0 Å². The Morgan fingerprint density at radius 2 is 1.52 bits per heavy atom. The summed E-state index contributed by atoms with van der Waals surface area (Å²) >= 11 is 0. The molecule has 1 amide bonds. The average Bonchev–Trinajstić information content (AvgIpc) is 2.95. The zero-order chi connectivity index (χ0) is 28.1. The summed E-state index contributed by atoms with van der Waals surface area (Å²) < 4.78 is 0. The lowest BCUT2D eigenvalue weighted by Crippen LogP contribution is -2.45. The maximum Gasteiger partial charge on any atom is 0.237 e. The number of hydrogen-bond acceptors (Lipinski definition) is 3. The van der Waals surface area contributed by atoms with Crippen LogP contribution in [-0.2, 0) is 30.5 Å². The van der Waals surface area contributed by atoms with Crippen LogP contribution in [0.4, 0.5) is 5.69 Å². The van der Waals surface area contributed by atoms with Crippen LogP contribution >= 0.6 is 0 Å². The molecule has 1 heterocycles. The third-order valence-electron chi connectivity index (χ3n) is 8.12. The molecule has 0 spiro atoms. The van der Waals surface area contributed by atoms with E-state index in [4.69, 9.17) is 5.73 Å². The Morgan fingerprint density at radius 1 is 0.875 bits per heavy atom. The highest BCUT2D eigenvalue weighted by Crippen LogP contribution is 2.35. The normalized spacial score (nSPS) is 15.2. The lowest BCUT2D eigenvalue weighted by molar-refractivity contribution is -0.123. The largest absolute Gasteiger partial charge is 0.384 e. The molecule has 4 nitrogen and oxygen atoms in total. The van der Waals surface area contributed by atoms with Crippen LogP contribution in [0.2, 0.25) is 0 Å². The van der Waals surface area contributed by atoms with E-state index >= 15 is 0 Å². The number of amides is 1. The van der Waals surface area contributed by atoms with E-state index in [1.807, 2.05) is 0 Å². The third-order valence-corrected chi connectivity index (χ3v) is 8.12. The van der Waals surface area contributed by atoms with Crippen LogP contribution in [0.25, 0.3) is 0 Å². The lowest BCUT2D eigenvalue weighted by atomic mass is 9.88. The monoisotopic (exact) mass is 531 g/mol. The SMILES string of the molecule is Cc1cc(C)c(C[C@H](N)C(=O)N[C@@H]2CCNc3c(CCc4ccccc4)cc(Cc4ccccc4)cc32)c(C)c1. The second kappa shape index (κ2) is 12.5. The summed E-state index contributed by atoms with van der Waals surface area (Å²) in [6.45, 7) is 7.13. The molecule has 0 unspecified atom stereocenters. The van der Waals surface area contributed by atoms with Crippen LogP contribution in [0.5, 0.6) is 0 Å². The van der Waals surface area contributed by atoms with Gasteiger partial charge < -0.3 is 16.4 Å². The van der Waals surface area contributed by atoms with E-state index < -0.39 is 6.04 Å². The molecule has 4 heteroatoms. The minimum atomic E-state index is -0.594. The number of aryl methyl sites for hydroxylation is 5. The van der Waals surface area contributed by atoms with Crippen molar-refractivity contribution >= 4 is 11.6 Å². The number of benzene rings is 4. The molecular formula is C36H41N3O. The minimum absolute atomic E-state index is 0.0683. The van der Waals surface area contributed by atoms with Crippen molar-refractivity contribution in [3.63, 3.8) is 0 Å². The third kappa shape index (κ3) is 6.63. The molecule has 1 aliphatic rings. The summed E-state index contributed by atoms with van der Waals surface area (Å²) in [7, 11) is 0. The predicted octanol–water partition coefficient (Wildman–Crippen LogP) is 6.53. The Balaban J connectivity index is 1.39. The Kier molecular flexibility index (Phi) is 8.66. The van der Waals surface area contributed by atoms with Gasteiger partial charge in [-0.2, -0.15) is 0 Å². The van der Waals surface area contributed by atoms with Crippen LogP contribution in [0.3, 0.4) is 0 Å². The summed E-state index contributed by atoms with van der Waals surface area (Å²) in [6.07, 6.45) is 4.15. The smallest absolute Gasteiger partial charge is 0.237 e. The van der Waals surface area contributed by atoms with Gasteiger partial charge in [-0.3, -0.25) is 4.79 Å². The highest BCUT2D eigenvalue weighted by atomic mass is 16.2. The Bertz CT molecular complexity index is 1440. The highest BCUT2D eigenvalue weighted by molar-refractivity contribution is 5.83. The molecule has 4 aromatic carbocycles. The number of carbonyl (C=O) groups is 1. The van der Waals surface area contributed by atoms with E-state index in [9.17, 15) is 4.79 Å². The molecule has 0 radical (unpaired) electrons. The second-order valence-electron chi connectivity index (χ2n) is 11.3. The summed E-state index contributed by atoms with van der Waals surface area (Å²) in [5.41, 5.74) is 18.8. The number of nitrogens with two attached hydrogens (primary N) is 1. The zero-order valence-electron chi connectivity index (χ0n) is 24.0. The first-order valence-electron chi connectivity index (χ1n) is 14.5. The van der Waals surface area contributed by atoms with Crippen molar-refractivity contribution in [2.75, 3.05) is 11.9 Å². The van der Waals surface area contributed by atoms with Crippen LogP contribution in [0.15, 0.2) is 84.9 Å². The van der Waals surface area contributed by atoms with Gasteiger partial charge in [0.1, 0.15) is 0 Å². The Labute approximate surface area is 239 Å². The van der Waals surface area contributed by atoms with Gasteiger partial charge in [0.05, 0.1) is 12.1 Å². The molecule has 0 bridgehead atoms. The molecular weight excluding hydrogens is 490 g/mol. The zero-order valence-corrected chi connectivity index (χ0v) is 24.0. The number of carbonyl (C=O) groups excluding carboxylic acids is 1. The van der Waals surface area contributed by atoms with E-state index in [0.717, 1.165) is 32.2 Å². The number of hydrogen-bond donors (Lipinski definition) is 3. The van der Waals surface area contributed by atoms with Crippen LogP contribution < -0.4 is 16.4 Å². The van der Waals surface area contributed by atoms with Crippen molar-refractivity contribution in [3.8, 4) is 0 Å². The molecule has 0 aromatic heterocycles. The predicted molar refractivity (Wildman–Crippen MR) is 166 cm³/mol. The summed E-state index contributed by atoms with van der Waals surface area (Å²) in [6, 6.07) is 29.5. The van der Waals surface area contributed by atoms with Gasteiger partial charge in [0.15, 0.2) is 0 Å². The van der Waals surface area contributed by atoms with Gasteiger partial charge in [-0.05, 0) is 97.4 Å². The molecule has 2 atom stereocenters. The van der Waals surface area contributed by atoms with Gasteiger partial charge in [-0.25, -0.2) is 0 Å². The number of fused-ring (bicyclic) bond motifs is 1. The van der Waals surface area contributed by atoms with Crippen LogP contribution in [0.1, 0.15) is 62.5 Å². The van der Waals surface area contributed by atoms with Crippen molar-refractivity contribution in [1.29, 1.82) is 0 Å². The maximum atomic E-state index is 13.4. The molecule has 0 aliphatic carbocycles. The van der Waals surface area contributed by atoms with Crippen molar-refractivity contribution < 1.29 is 4.79 Å². The molecule has 40 heavy (non-hydrogen) atoms. The molecule has 0 saturated heterocycles. The van der Waals surface area contributed by atoms with Gasteiger partial charge >= 0.3 is 0 Å². The first kappa shape index (κ1) is 27.7. The van der Waals surface area contributed by atoms with Crippen molar-refractivity contribution in [2.24, 2.45) is 5.73 Å². The number of nitrogens with one attached hydrogen (secondary N) is 2. The Morgan fingerprint density at radius 3 is 2.20 bits per heavy atom.